The Morgan fingerprint density at radius 3 is 2.52 bits per heavy atom. The number of aliphatic imine (C=N–C) groups is 1. The molecule has 0 atom stereocenters. The number of nitrogens with zero attached hydrogens (tertiary/aromatic N) is 1. The predicted octanol–water partition coefficient (Wildman–Crippen LogP) is 7.54. The van der Waals surface area contributed by atoms with Gasteiger partial charge in [0.2, 0.25) is 0 Å². The fourth-order valence-electron chi connectivity index (χ4n) is 2.93. The van der Waals surface area contributed by atoms with E-state index in [1.165, 1.54) is 41.8 Å². The topological polar surface area (TPSA) is 38.7 Å². The lowest BCUT2D eigenvalue weighted by molar-refractivity contribution is -0.137. The van der Waals surface area contributed by atoms with Gasteiger partial charge in [-0.25, -0.2) is 4.79 Å². The highest BCUT2D eigenvalue weighted by Crippen LogP contribution is 2.37. The number of para-hydroxylation sites is 1. The van der Waals surface area contributed by atoms with Crippen LogP contribution in [0, 0.1) is 0 Å². The molecule has 0 bridgehead atoms. The van der Waals surface area contributed by atoms with E-state index >= 15 is 0 Å². The van der Waals surface area contributed by atoms with Crippen molar-refractivity contribution < 1.29 is 22.7 Å². The minimum Gasteiger partial charge on any atom is -0.422 e. The van der Waals surface area contributed by atoms with E-state index in [1.807, 2.05) is 24.3 Å². The van der Waals surface area contributed by atoms with Crippen LogP contribution >= 0.6 is 22.9 Å². The summed E-state index contributed by atoms with van der Waals surface area (Å²) in [6.45, 7) is 0. The van der Waals surface area contributed by atoms with E-state index in [-0.39, 0.29) is 16.3 Å². The number of carbonyl (C=O) groups is 1. The van der Waals surface area contributed by atoms with E-state index in [1.54, 1.807) is 18.2 Å². The Morgan fingerprint density at radius 1 is 1.00 bits per heavy atom. The summed E-state index contributed by atoms with van der Waals surface area (Å²) in [4.78, 5) is 16.8. The first-order valence-corrected chi connectivity index (χ1v) is 10.2. The largest absolute Gasteiger partial charge is 0.422 e. The Morgan fingerprint density at radius 2 is 1.74 bits per heavy atom. The van der Waals surface area contributed by atoms with Crippen LogP contribution in [-0.4, -0.2) is 12.2 Å². The van der Waals surface area contributed by atoms with Crippen molar-refractivity contribution in [1.29, 1.82) is 0 Å². The first-order valence-electron chi connectivity index (χ1n) is 9.02. The summed E-state index contributed by atoms with van der Waals surface area (Å²) in [7, 11) is 0. The molecule has 4 rings (SSSR count). The van der Waals surface area contributed by atoms with Crippen molar-refractivity contribution in [2.24, 2.45) is 4.99 Å². The number of esters is 1. The zero-order valence-electron chi connectivity index (χ0n) is 15.7. The number of carbonyl (C=O) groups excluding carboxylic acids is 1. The lowest BCUT2D eigenvalue weighted by Gasteiger charge is -2.09. The molecule has 0 aliphatic rings. The Hall–Kier alpha value is -3.16. The van der Waals surface area contributed by atoms with Gasteiger partial charge < -0.3 is 4.74 Å². The van der Waals surface area contributed by atoms with E-state index < -0.39 is 17.7 Å². The monoisotopic (exact) mass is 459 g/mol. The van der Waals surface area contributed by atoms with Crippen LogP contribution in [0.4, 0.5) is 18.9 Å². The molecule has 8 heteroatoms. The third-order valence-electron chi connectivity index (χ3n) is 4.35. The van der Waals surface area contributed by atoms with Crippen molar-refractivity contribution in [2.75, 3.05) is 0 Å². The van der Waals surface area contributed by atoms with Gasteiger partial charge in [-0.15, -0.1) is 11.3 Å². The number of fused-ring (bicyclic) bond motifs is 1. The van der Waals surface area contributed by atoms with E-state index in [2.05, 4.69) is 4.99 Å². The summed E-state index contributed by atoms with van der Waals surface area (Å²) in [5, 5.41) is 1.09. The van der Waals surface area contributed by atoms with Crippen molar-refractivity contribution in [1.82, 2.24) is 0 Å². The van der Waals surface area contributed by atoms with Crippen LogP contribution in [-0.2, 0) is 6.18 Å². The highest BCUT2D eigenvalue weighted by atomic mass is 35.5. The number of benzene rings is 3. The summed E-state index contributed by atoms with van der Waals surface area (Å²) < 4.78 is 45.6. The summed E-state index contributed by atoms with van der Waals surface area (Å²) in [5.74, 6) is -0.380. The van der Waals surface area contributed by atoms with E-state index in [0.717, 1.165) is 16.2 Å². The van der Waals surface area contributed by atoms with Gasteiger partial charge in [0, 0.05) is 16.3 Å². The number of hydrogen-bond donors (Lipinski definition) is 0. The highest BCUT2D eigenvalue weighted by Gasteiger charge is 2.33. The highest BCUT2D eigenvalue weighted by molar-refractivity contribution is 7.21. The third kappa shape index (κ3) is 4.62. The fraction of sp³-hybridized carbons (Fsp3) is 0.0435. The summed E-state index contributed by atoms with van der Waals surface area (Å²) in [6, 6.07) is 18.7. The first-order chi connectivity index (χ1) is 14.8. The van der Waals surface area contributed by atoms with Crippen LogP contribution in [0.3, 0.4) is 0 Å². The lowest BCUT2D eigenvalue weighted by Crippen LogP contribution is -2.07. The molecule has 0 N–H and O–H groups in total. The van der Waals surface area contributed by atoms with Gasteiger partial charge >= 0.3 is 12.1 Å². The van der Waals surface area contributed by atoms with Crippen molar-refractivity contribution in [2.45, 2.75) is 6.18 Å². The second-order valence-corrected chi connectivity index (χ2v) is 7.91. The molecule has 0 fully saturated rings. The van der Waals surface area contributed by atoms with Gasteiger partial charge in [0.05, 0.1) is 16.3 Å². The van der Waals surface area contributed by atoms with Gasteiger partial charge in [0.25, 0.3) is 0 Å². The molecule has 0 unspecified atom stereocenters. The molecule has 1 heterocycles. The molecule has 0 amide bonds. The third-order valence-corrected chi connectivity index (χ3v) is 6.01. The van der Waals surface area contributed by atoms with Crippen LogP contribution in [0.2, 0.25) is 5.02 Å². The molecular formula is C23H13ClF3NO2S. The average molecular weight is 460 g/mol. The van der Waals surface area contributed by atoms with Crippen molar-refractivity contribution in [3.63, 3.8) is 0 Å². The number of alkyl halides is 3. The molecule has 0 saturated heterocycles. The Labute approximate surface area is 184 Å². The summed E-state index contributed by atoms with van der Waals surface area (Å²) in [6.07, 6.45) is -3.22. The van der Waals surface area contributed by atoms with Gasteiger partial charge in [-0.3, -0.25) is 4.99 Å². The van der Waals surface area contributed by atoms with Gasteiger partial charge in [-0.1, -0.05) is 54.1 Å². The molecule has 0 spiro atoms. The number of thiophene rings is 1. The van der Waals surface area contributed by atoms with Gasteiger partial charge in [-0.2, -0.15) is 13.2 Å². The molecule has 1 aromatic heterocycles. The number of rotatable bonds is 4. The second kappa shape index (κ2) is 8.53. The molecule has 0 aliphatic heterocycles. The molecule has 3 nitrogen and oxygen atoms in total. The van der Waals surface area contributed by atoms with Crippen LogP contribution < -0.4 is 4.74 Å². The number of ether oxygens (including phenoxy) is 1. The molecule has 0 aliphatic carbocycles. The average Bonchev–Trinajstić information content (AvgIpc) is 3.09. The van der Waals surface area contributed by atoms with Crippen LogP contribution in [0.25, 0.3) is 10.1 Å². The first kappa shape index (κ1) is 21.1. The minimum absolute atomic E-state index is 0.200. The Balaban J connectivity index is 1.56. The van der Waals surface area contributed by atoms with Crippen LogP contribution in [0.1, 0.15) is 20.8 Å². The predicted molar refractivity (Wildman–Crippen MR) is 117 cm³/mol. The Kier molecular flexibility index (Phi) is 5.80. The zero-order valence-corrected chi connectivity index (χ0v) is 17.3. The maximum Gasteiger partial charge on any atom is 0.418 e. The van der Waals surface area contributed by atoms with Crippen molar-refractivity contribution in [3.05, 3.63) is 93.8 Å². The van der Waals surface area contributed by atoms with Gasteiger partial charge in [-0.05, 0) is 35.9 Å². The SMILES string of the molecule is O=C(Oc1cccc(C=Nc2ccccc2C(F)(F)F)c1)c1sc2ccccc2c1Cl. The Bertz CT molecular complexity index is 1300. The van der Waals surface area contributed by atoms with Crippen LogP contribution in [0.15, 0.2) is 77.8 Å². The molecule has 31 heavy (non-hydrogen) atoms. The van der Waals surface area contributed by atoms with Crippen molar-refractivity contribution in [3.8, 4) is 5.75 Å². The molecule has 0 radical (unpaired) electrons. The maximum atomic E-state index is 13.1. The molecule has 3 aromatic carbocycles. The molecule has 156 valence electrons. The summed E-state index contributed by atoms with van der Waals surface area (Å²) >= 11 is 7.54. The van der Waals surface area contributed by atoms with E-state index in [0.29, 0.717) is 10.6 Å². The quantitative estimate of drug-likeness (QED) is 0.179. The number of hydrogen-bond acceptors (Lipinski definition) is 4. The van der Waals surface area contributed by atoms with Gasteiger partial charge in [0.15, 0.2) is 0 Å². The normalized spacial score (nSPS) is 11.9. The van der Waals surface area contributed by atoms with Crippen LogP contribution in [0.5, 0.6) is 5.75 Å². The smallest absolute Gasteiger partial charge is 0.418 e. The second-order valence-electron chi connectivity index (χ2n) is 6.48. The van der Waals surface area contributed by atoms with Crippen molar-refractivity contribution >= 4 is 50.9 Å². The minimum atomic E-state index is -4.51. The summed E-state index contributed by atoms with van der Waals surface area (Å²) in [5.41, 5.74) is -0.549. The van der Waals surface area contributed by atoms with Gasteiger partial charge in [0.1, 0.15) is 10.6 Å². The fourth-order valence-corrected chi connectivity index (χ4v) is 4.31. The standard InChI is InChI=1S/C23H13ClF3NO2S/c24-20-16-8-1-4-11-19(16)31-21(20)22(29)30-15-7-5-6-14(12-15)13-28-18-10-3-2-9-17(18)23(25,26)27/h1-13H. The van der Waals surface area contributed by atoms with E-state index in [9.17, 15) is 18.0 Å². The maximum absolute atomic E-state index is 13.1. The molecular weight excluding hydrogens is 447 g/mol. The van der Waals surface area contributed by atoms with E-state index in [4.69, 9.17) is 16.3 Å². The molecule has 0 saturated carbocycles. The molecule has 4 aromatic rings. The lowest BCUT2D eigenvalue weighted by atomic mass is 10.1. The number of halogens is 4. The zero-order chi connectivity index (χ0) is 22.0.